The molecule has 12 heavy (non-hydrogen) atoms. The molecule has 2 aromatic heterocycles. The van der Waals surface area contributed by atoms with E-state index in [-0.39, 0.29) is 0 Å². The van der Waals surface area contributed by atoms with Crippen LogP contribution in [0.5, 0.6) is 0 Å². The van der Waals surface area contributed by atoms with Crippen LogP contribution in [0.3, 0.4) is 0 Å². The van der Waals surface area contributed by atoms with Gasteiger partial charge < -0.3 is 9.40 Å². The topological polar surface area (TPSA) is 41.8 Å². The molecule has 0 spiro atoms. The van der Waals surface area contributed by atoms with Gasteiger partial charge in [0, 0.05) is 6.20 Å². The maximum atomic E-state index is 5.31. The summed E-state index contributed by atoms with van der Waals surface area (Å²) in [5.41, 5.74) is 0.956. The highest BCUT2D eigenvalue weighted by atomic mass is 79.9. The van der Waals surface area contributed by atoms with E-state index in [1.54, 1.807) is 0 Å². The van der Waals surface area contributed by atoms with Crippen molar-refractivity contribution >= 4 is 15.9 Å². The largest absolute Gasteiger partial charge is 0.446 e. The molecule has 0 bridgehead atoms. The van der Waals surface area contributed by atoms with Gasteiger partial charge in [0.2, 0.25) is 0 Å². The van der Waals surface area contributed by atoms with Crippen molar-refractivity contribution in [2.45, 2.75) is 6.92 Å². The number of hydrogen-bond donors (Lipinski definition) is 1. The summed E-state index contributed by atoms with van der Waals surface area (Å²) < 4.78 is 6.02. The second kappa shape index (κ2) is 2.79. The summed E-state index contributed by atoms with van der Waals surface area (Å²) in [5.74, 6) is 1.51. The Morgan fingerprint density at radius 1 is 1.50 bits per heavy atom. The number of imidazole rings is 1. The molecule has 0 saturated carbocycles. The van der Waals surface area contributed by atoms with Crippen LogP contribution in [0.1, 0.15) is 5.69 Å². The first-order chi connectivity index (χ1) is 5.75. The molecule has 0 aromatic carbocycles. The number of aryl methyl sites for hydroxylation is 1. The van der Waals surface area contributed by atoms with E-state index in [9.17, 15) is 0 Å². The molecule has 0 unspecified atom stereocenters. The first kappa shape index (κ1) is 7.61. The molecule has 1 N–H and O–H groups in total. The summed E-state index contributed by atoms with van der Waals surface area (Å²) in [7, 11) is 0. The van der Waals surface area contributed by atoms with Gasteiger partial charge in [-0.05, 0) is 35.0 Å². The van der Waals surface area contributed by atoms with Crippen molar-refractivity contribution in [3.63, 3.8) is 0 Å². The van der Waals surface area contributed by atoms with Crippen LogP contribution in [0, 0.1) is 6.92 Å². The molecule has 4 heteroatoms. The van der Waals surface area contributed by atoms with Crippen LogP contribution in [0.4, 0.5) is 0 Å². The van der Waals surface area contributed by atoms with Gasteiger partial charge in [0.25, 0.3) is 0 Å². The zero-order valence-electron chi connectivity index (χ0n) is 6.47. The highest BCUT2D eigenvalue weighted by Crippen LogP contribution is 2.21. The minimum absolute atomic E-state index is 0.714. The van der Waals surface area contributed by atoms with E-state index in [1.165, 1.54) is 0 Å². The molecule has 2 aromatic rings. The summed E-state index contributed by atoms with van der Waals surface area (Å²) in [6.07, 6.45) is 1.84. The van der Waals surface area contributed by atoms with Crippen LogP contribution in [-0.2, 0) is 0 Å². The summed E-state index contributed by atoms with van der Waals surface area (Å²) in [6, 6.07) is 3.70. The Hall–Kier alpha value is -1.03. The van der Waals surface area contributed by atoms with Crippen LogP contribution < -0.4 is 0 Å². The minimum Gasteiger partial charge on any atom is -0.446 e. The van der Waals surface area contributed by atoms with Crippen molar-refractivity contribution in [1.82, 2.24) is 9.97 Å². The van der Waals surface area contributed by atoms with E-state index < -0.39 is 0 Å². The van der Waals surface area contributed by atoms with Crippen LogP contribution in [0.15, 0.2) is 27.4 Å². The third-order valence-electron chi connectivity index (χ3n) is 1.51. The van der Waals surface area contributed by atoms with E-state index in [0.29, 0.717) is 4.67 Å². The molecule has 0 atom stereocenters. The lowest BCUT2D eigenvalue weighted by Crippen LogP contribution is -1.75. The third kappa shape index (κ3) is 1.30. The van der Waals surface area contributed by atoms with Gasteiger partial charge in [0.05, 0.1) is 5.69 Å². The van der Waals surface area contributed by atoms with E-state index in [0.717, 1.165) is 17.3 Å². The standard InChI is InChI=1S/C8H7BrN2O/c1-5-4-10-8(11-5)6-2-3-7(9)12-6/h2-4H,1H3,(H,10,11). The van der Waals surface area contributed by atoms with Crippen molar-refractivity contribution in [1.29, 1.82) is 0 Å². The van der Waals surface area contributed by atoms with Gasteiger partial charge in [-0.1, -0.05) is 0 Å². The van der Waals surface area contributed by atoms with Crippen molar-refractivity contribution in [3.8, 4) is 11.6 Å². The zero-order valence-corrected chi connectivity index (χ0v) is 8.05. The van der Waals surface area contributed by atoms with Crippen LogP contribution in [0.2, 0.25) is 0 Å². The quantitative estimate of drug-likeness (QED) is 0.813. The molecule has 0 fully saturated rings. The summed E-state index contributed by atoms with van der Waals surface area (Å²) in [6.45, 7) is 1.93. The fourth-order valence-electron chi connectivity index (χ4n) is 0.981. The fourth-order valence-corrected chi connectivity index (χ4v) is 1.29. The monoisotopic (exact) mass is 226 g/mol. The Balaban J connectivity index is 2.43. The highest BCUT2D eigenvalue weighted by molar-refractivity contribution is 9.10. The number of furan rings is 1. The Morgan fingerprint density at radius 2 is 2.33 bits per heavy atom. The number of rotatable bonds is 1. The molecule has 3 nitrogen and oxygen atoms in total. The predicted octanol–water partition coefficient (Wildman–Crippen LogP) is 2.74. The van der Waals surface area contributed by atoms with Crippen molar-refractivity contribution in [2.24, 2.45) is 0 Å². The van der Waals surface area contributed by atoms with E-state index in [1.807, 2.05) is 25.3 Å². The molecular weight excluding hydrogens is 220 g/mol. The number of nitrogens with one attached hydrogen (secondary N) is 1. The average Bonchev–Trinajstić information content (AvgIpc) is 2.58. The van der Waals surface area contributed by atoms with Crippen molar-refractivity contribution < 1.29 is 4.42 Å². The van der Waals surface area contributed by atoms with Crippen LogP contribution in [0.25, 0.3) is 11.6 Å². The lowest BCUT2D eigenvalue weighted by molar-refractivity contribution is 0.552. The Kier molecular flexibility index (Phi) is 1.77. The molecule has 2 rings (SSSR count). The molecule has 62 valence electrons. The summed E-state index contributed by atoms with van der Waals surface area (Å²) in [4.78, 5) is 7.23. The average molecular weight is 227 g/mol. The fraction of sp³-hybridized carbons (Fsp3) is 0.125. The second-order valence-electron chi connectivity index (χ2n) is 2.49. The molecule has 0 saturated heterocycles. The number of aromatic amines is 1. The summed E-state index contributed by atoms with van der Waals surface area (Å²) in [5, 5.41) is 0. The Morgan fingerprint density at radius 3 is 2.83 bits per heavy atom. The van der Waals surface area contributed by atoms with Gasteiger partial charge in [-0.3, -0.25) is 0 Å². The lowest BCUT2D eigenvalue weighted by Gasteiger charge is -1.86. The van der Waals surface area contributed by atoms with E-state index >= 15 is 0 Å². The first-order valence-electron chi connectivity index (χ1n) is 3.53. The van der Waals surface area contributed by atoms with Gasteiger partial charge in [-0.25, -0.2) is 4.98 Å². The number of hydrogen-bond acceptors (Lipinski definition) is 2. The number of halogens is 1. The molecule has 0 radical (unpaired) electrons. The van der Waals surface area contributed by atoms with E-state index in [4.69, 9.17) is 4.42 Å². The third-order valence-corrected chi connectivity index (χ3v) is 1.94. The SMILES string of the molecule is Cc1c[nH]c(-c2ccc(Br)o2)n1. The van der Waals surface area contributed by atoms with Gasteiger partial charge in [0.15, 0.2) is 16.3 Å². The highest BCUT2D eigenvalue weighted by Gasteiger charge is 2.05. The maximum absolute atomic E-state index is 5.31. The van der Waals surface area contributed by atoms with E-state index in [2.05, 4.69) is 25.9 Å². The number of aromatic nitrogens is 2. The molecular formula is C8H7BrN2O. The normalized spacial score (nSPS) is 10.5. The maximum Gasteiger partial charge on any atom is 0.173 e. The van der Waals surface area contributed by atoms with Crippen LogP contribution in [-0.4, -0.2) is 9.97 Å². The second-order valence-corrected chi connectivity index (χ2v) is 3.28. The molecule has 0 aliphatic heterocycles. The molecule has 0 aliphatic carbocycles. The Labute approximate surface area is 77.9 Å². The molecule has 0 aliphatic rings. The minimum atomic E-state index is 0.714. The molecule has 0 amide bonds. The van der Waals surface area contributed by atoms with Crippen LogP contribution >= 0.6 is 15.9 Å². The Bertz CT molecular complexity index is 353. The van der Waals surface area contributed by atoms with Gasteiger partial charge >= 0.3 is 0 Å². The van der Waals surface area contributed by atoms with Gasteiger partial charge in [0.1, 0.15) is 0 Å². The van der Waals surface area contributed by atoms with Crippen molar-refractivity contribution in [3.05, 3.63) is 28.7 Å². The number of H-pyrrole nitrogens is 1. The molecule has 2 heterocycles. The smallest absolute Gasteiger partial charge is 0.173 e. The lowest BCUT2D eigenvalue weighted by atomic mass is 10.4. The predicted molar refractivity (Wildman–Crippen MR) is 48.7 cm³/mol. The van der Waals surface area contributed by atoms with Crippen molar-refractivity contribution in [2.75, 3.05) is 0 Å². The zero-order chi connectivity index (χ0) is 8.55. The number of nitrogens with zero attached hydrogens (tertiary/aromatic N) is 1. The summed E-state index contributed by atoms with van der Waals surface area (Å²) >= 11 is 3.23. The first-order valence-corrected chi connectivity index (χ1v) is 4.33. The van der Waals surface area contributed by atoms with Gasteiger partial charge in [-0.2, -0.15) is 0 Å². The van der Waals surface area contributed by atoms with Gasteiger partial charge in [-0.15, -0.1) is 0 Å².